The summed E-state index contributed by atoms with van der Waals surface area (Å²) >= 11 is -1.85. The minimum atomic E-state index is -6.85. The van der Waals surface area contributed by atoms with Crippen LogP contribution in [0.25, 0.3) is 72.2 Å². The minimum Gasteiger partial charge on any atom is -0.352 e. The van der Waals surface area contributed by atoms with Gasteiger partial charge in [0.1, 0.15) is 35.7 Å². The number of pyridine rings is 6. The molecule has 0 radical (unpaired) electrons. The summed E-state index contributed by atoms with van der Waals surface area (Å²) in [5.41, 5.74) is 3.21. The number of unbranched alkanes of at least 4 members (excludes halogenated alkanes) is 3. The van der Waals surface area contributed by atoms with Crippen molar-refractivity contribution >= 4 is 113 Å². The normalized spacial score (nSPS) is 20.1. The van der Waals surface area contributed by atoms with E-state index in [9.17, 15) is 78.1 Å². The Kier molecular flexibility index (Phi) is 29.9. The molecule has 9 saturated carbocycles. The van der Waals surface area contributed by atoms with Gasteiger partial charge < -0.3 is 34.4 Å². The standard InChI is InChI=1S/C31H31N5O.C30H31N5O.C29H29N5O2.3C4H9.C2F6O5S2.C2H3.Sn/c1-2-23-12-13-25-24(4-3-5-27(25)33-23)26-16-22(17-32)30(34-29(26)20-8-9-20)35-14-15-36(31(37)21-10-11-21)28(18-35)19-6-7-19;1-18-5-12-24-23(3-2-4-26(24)32-18)25-15-22(16-31)29(33-28(25)20-8-9-20)34-13-14-35(30(36)21-10-11-21)27(17-34)19-6-7-19;30-15-20-14-23(21-2-1-3-24-22(21)10-11-26(35)31-24)27(18-6-7-18)32-28(20)33-12-13-34(29(36)19-8-9-19)25(16-33)17-4-5-17;3*1-3-4-2;3-1(4,5)14(9,10)13-15(11,12)2(6,7)8;1-2;/h2-5,12-13,16,19-21,28H,1,6-11,14-15,18H2;2-5,12,15,19-21,27H,6-11,13-14,17H2,1H3;1-3,10-11,14,17-19,25H,4-9,12-13,16H2,(H,31,35);3*1,3-4H2,2H3;;1H,2H2;/t28-;27-;25-;;;;;;/m000....../s1. The van der Waals surface area contributed by atoms with Gasteiger partial charge in [-0.25, -0.2) is 19.9 Å². The average Bonchev–Trinajstić information content (AvgIpc) is 1.63. The van der Waals surface area contributed by atoms with Crippen LogP contribution in [0.15, 0.2) is 131 Å². The Morgan fingerprint density at radius 2 is 0.799 bits per heavy atom. The van der Waals surface area contributed by atoms with E-state index in [1.807, 2.05) is 53.0 Å². The number of aromatic amines is 1. The Hall–Kier alpha value is -10.9. The fourth-order valence-corrected chi connectivity index (χ4v) is 34.7. The Morgan fingerprint density at radius 1 is 0.453 bits per heavy atom. The number of fused-ring (bicyclic) bond motifs is 3. The quantitative estimate of drug-likeness (QED) is 0.0270. The SMILES string of the molecule is C=Cc1ccc2c(-c3cc(C#N)c(N4CCN(C(=O)C5CC5)[C@H](C5CC5)C4)nc3C3CC3)cccc2n1.C=[CH][Sn]([CH2]CCC)([CH2]CCC)[CH2]CCC.Cc1ccc2c(-c3cc(C#N)c(N4CCN(C(=O)C5CC5)[C@H](C5CC5)C4)nc3C3CC3)cccc2n1.N#Cc1cc(-c2cccc3[nH]c(=O)ccc23)c(C2CC2)nc1N1CCN(C(=O)C2CC2)[C@H](C2CC2)C1.O=S(=O)(OS(=O)(=O)C(F)(F)F)C(F)(F)F. The van der Waals surface area contributed by atoms with E-state index in [4.69, 9.17) is 24.9 Å². The molecule has 12 aliphatic rings. The second-order valence-electron chi connectivity index (χ2n) is 40.0. The third kappa shape index (κ3) is 23.0. The largest absolute Gasteiger partial charge is 0.524 e. The number of carbonyl (C=O) groups is 3. The summed E-state index contributed by atoms with van der Waals surface area (Å²) in [5.74, 6) is 7.16. The van der Waals surface area contributed by atoms with Crippen molar-refractivity contribution in [3.8, 4) is 51.6 Å². The van der Waals surface area contributed by atoms with Crippen molar-refractivity contribution in [1.82, 2.24) is 44.6 Å². The van der Waals surface area contributed by atoms with E-state index in [1.54, 1.807) is 25.5 Å². The molecule has 21 rings (SSSR count). The van der Waals surface area contributed by atoms with Crippen LogP contribution in [0, 0.1) is 76.4 Å². The van der Waals surface area contributed by atoms with Crippen LogP contribution in [0.1, 0.15) is 238 Å². The number of carbonyl (C=O) groups excluding carboxylic acids is 3. The van der Waals surface area contributed by atoms with Gasteiger partial charge in [0, 0.05) is 145 Å². The van der Waals surface area contributed by atoms with Crippen molar-refractivity contribution in [3.05, 3.63) is 182 Å². The molecule has 6 aromatic heterocycles. The number of nitriles is 3. The van der Waals surface area contributed by atoms with E-state index < -0.39 is 49.6 Å². The van der Waals surface area contributed by atoms with Crippen LogP contribution in [0.3, 0.4) is 0 Å². The number of H-pyrrole nitrogens is 1. The first-order chi connectivity index (χ1) is 66.8. The number of amides is 3. The number of aryl methyl sites for hydroxylation is 1. The monoisotopic (exact) mass is 2050 g/mol. The molecule has 9 aliphatic carbocycles. The van der Waals surface area contributed by atoms with E-state index in [1.165, 1.54) is 77.0 Å². The fraction of sp³-hybridized carbons (Fsp3) is 0.509. The zero-order valence-corrected chi connectivity index (χ0v) is 83.9. The van der Waals surface area contributed by atoms with E-state index in [0.717, 1.165) is 235 Å². The molecule has 24 nitrogen and oxygen atoms in total. The number of rotatable bonds is 28. The predicted molar refractivity (Wildman–Crippen MR) is 528 cm³/mol. The molecular formula is C106H121F6N15O9S2Sn. The van der Waals surface area contributed by atoms with E-state index in [2.05, 4.69) is 151 Å². The number of alkyl halides is 6. The van der Waals surface area contributed by atoms with Gasteiger partial charge in [0.05, 0.1) is 68.6 Å². The zero-order chi connectivity index (χ0) is 98.1. The summed E-state index contributed by atoms with van der Waals surface area (Å²) in [6.45, 7) is 23.7. The molecule has 3 aliphatic heterocycles. The van der Waals surface area contributed by atoms with Crippen molar-refractivity contribution < 1.29 is 61.2 Å². The summed E-state index contributed by atoms with van der Waals surface area (Å²) in [6.07, 6.45) is 30.4. The summed E-state index contributed by atoms with van der Waals surface area (Å²) in [5, 5.41) is 33.8. The minimum absolute atomic E-state index is 0.127. The Morgan fingerprint density at radius 3 is 1.12 bits per heavy atom. The number of halogens is 6. The number of anilines is 3. The van der Waals surface area contributed by atoms with Gasteiger partial charge in [-0.1, -0.05) is 55.1 Å². The third-order valence-corrected chi connectivity index (χ3v) is 46.0. The van der Waals surface area contributed by atoms with Crippen LogP contribution in [0.2, 0.25) is 13.3 Å². The molecule has 0 spiro atoms. The molecular weight excluding hydrogens is 1920 g/mol. The van der Waals surface area contributed by atoms with Gasteiger partial charge in [0.25, 0.3) is 0 Å². The van der Waals surface area contributed by atoms with Crippen molar-refractivity contribution in [2.24, 2.45) is 35.5 Å². The summed E-state index contributed by atoms with van der Waals surface area (Å²) < 4.78 is 117. The fourth-order valence-electron chi connectivity index (χ4n) is 20.2. The van der Waals surface area contributed by atoms with Crippen molar-refractivity contribution in [3.63, 3.8) is 0 Å². The van der Waals surface area contributed by atoms with E-state index >= 15 is 0 Å². The molecule has 9 heterocycles. The first kappa shape index (κ1) is 99.7. The molecule has 139 heavy (non-hydrogen) atoms. The molecule has 0 unspecified atom stereocenters. The number of nitrogens with zero attached hydrogens (tertiary/aromatic N) is 14. The maximum Gasteiger partial charge on any atom is 0.524 e. The van der Waals surface area contributed by atoms with Crippen molar-refractivity contribution in [1.29, 1.82) is 15.8 Å². The predicted octanol–water partition coefficient (Wildman–Crippen LogP) is 21.2. The van der Waals surface area contributed by atoms with Crippen LogP contribution in [-0.2, 0) is 38.2 Å². The number of hydrogen-bond donors (Lipinski definition) is 1. The Labute approximate surface area is 813 Å². The van der Waals surface area contributed by atoms with Gasteiger partial charge in [-0.3, -0.25) is 24.2 Å². The second kappa shape index (κ2) is 41.7. The molecule has 3 amide bonds. The van der Waals surface area contributed by atoms with Gasteiger partial charge in [-0.05, 0) is 218 Å². The van der Waals surface area contributed by atoms with Gasteiger partial charge >= 0.3 is 133 Å². The second-order valence-corrected chi connectivity index (χ2v) is 56.5. The smallest absolute Gasteiger partial charge is 0.352 e. The van der Waals surface area contributed by atoms with Crippen LogP contribution >= 0.6 is 0 Å². The van der Waals surface area contributed by atoms with Gasteiger partial charge in [-0.2, -0.15) is 59.0 Å². The molecule has 0 bridgehead atoms. The van der Waals surface area contributed by atoms with Crippen molar-refractivity contribution in [2.45, 2.75) is 242 Å². The van der Waals surface area contributed by atoms with Gasteiger partial charge in [0.2, 0.25) is 23.3 Å². The summed E-state index contributed by atoms with van der Waals surface area (Å²) in [7, 11) is -13.7. The van der Waals surface area contributed by atoms with Crippen molar-refractivity contribution in [2.75, 3.05) is 73.6 Å². The third-order valence-electron chi connectivity index (χ3n) is 29.4. The molecule has 33 heteroatoms. The maximum absolute atomic E-state index is 13.0. The van der Waals surface area contributed by atoms with Gasteiger partial charge in [0.15, 0.2) is 0 Å². The van der Waals surface area contributed by atoms with Gasteiger partial charge in [-0.15, -0.1) is 3.63 Å². The number of nitrogens with one attached hydrogen (secondary N) is 1. The Balaban J connectivity index is 0.000000126. The molecule has 732 valence electrons. The molecule has 3 aromatic carbocycles. The Bertz CT molecular complexity index is 6560. The molecule has 1 N–H and O–H groups in total. The van der Waals surface area contributed by atoms with E-state index in [-0.39, 0.29) is 41.4 Å². The summed E-state index contributed by atoms with van der Waals surface area (Å²) in [6, 6.07) is 44.2. The first-order valence-corrected chi connectivity index (χ1v) is 60.3. The van der Waals surface area contributed by atoms with E-state index in [0.29, 0.717) is 83.0 Å². The van der Waals surface area contributed by atoms with Crippen LogP contribution in [0.5, 0.6) is 0 Å². The first-order valence-electron chi connectivity index (χ1n) is 49.8. The van der Waals surface area contributed by atoms with Crippen LogP contribution < -0.4 is 20.3 Å². The number of benzene rings is 3. The average molecular weight is 2050 g/mol. The molecule has 3 atom stereocenters. The number of hydrogen-bond acceptors (Lipinski definition) is 20. The molecule has 3 saturated heterocycles. The number of piperazine rings is 3. The topological polar surface area (TPSA) is 317 Å². The van der Waals surface area contributed by atoms with Crippen LogP contribution in [0.4, 0.5) is 43.8 Å². The number of aromatic nitrogens is 6. The maximum atomic E-state index is 13.0. The zero-order valence-electron chi connectivity index (χ0n) is 79.4. The molecule has 12 fully saturated rings. The summed E-state index contributed by atoms with van der Waals surface area (Å²) in [4.78, 5) is 92.2. The van der Waals surface area contributed by atoms with Crippen LogP contribution in [-0.4, -0.2) is 186 Å². The molecule has 9 aromatic rings.